The molecule has 0 radical (unpaired) electrons. The lowest BCUT2D eigenvalue weighted by Crippen LogP contribution is -2.24. The van der Waals surface area contributed by atoms with Crippen molar-refractivity contribution in [3.63, 3.8) is 0 Å². The summed E-state index contributed by atoms with van der Waals surface area (Å²) < 4.78 is 2.08. The number of imidazole rings is 1. The molecule has 0 aliphatic carbocycles. The van der Waals surface area contributed by atoms with Crippen molar-refractivity contribution in [1.29, 1.82) is 0 Å². The van der Waals surface area contributed by atoms with Gasteiger partial charge in [0, 0.05) is 30.2 Å². The van der Waals surface area contributed by atoms with Crippen LogP contribution in [0.1, 0.15) is 21.1 Å². The van der Waals surface area contributed by atoms with E-state index in [1.807, 2.05) is 23.7 Å². The SMILES string of the molecule is Cc1csc2nc(CCNC(=O)c3cccs3)cn12. The third-order valence-electron chi connectivity index (χ3n) is 2.85. The van der Waals surface area contributed by atoms with Crippen LogP contribution in [-0.2, 0) is 6.42 Å². The molecular formula is C13H13N3OS2. The Hall–Kier alpha value is -1.66. The molecule has 3 heterocycles. The van der Waals surface area contributed by atoms with Crippen LogP contribution in [0.25, 0.3) is 4.96 Å². The van der Waals surface area contributed by atoms with Crippen LogP contribution in [0.15, 0.2) is 29.1 Å². The minimum Gasteiger partial charge on any atom is -0.351 e. The number of hydrogen-bond acceptors (Lipinski definition) is 4. The molecule has 3 aromatic heterocycles. The Labute approximate surface area is 118 Å². The number of rotatable bonds is 4. The van der Waals surface area contributed by atoms with E-state index in [4.69, 9.17) is 0 Å². The van der Waals surface area contributed by atoms with Crippen LogP contribution >= 0.6 is 22.7 Å². The molecule has 19 heavy (non-hydrogen) atoms. The molecule has 0 spiro atoms. The third kappa shape index (κ3) is 2.54. The molecule has 0 saturated heterocycles. The zero-order valence-corrected chi connectivity index (χ0v) is 12.1. The number of nitrogens with one attached hydrogen (secondary N) is 1. The number of carbonyl (C=O) groups excluding carboxylic acids is 1. The maximum absolute atomic E-state index is 11.7. The summed E-state index contributed by atoms with van der Waals surface area (Å²) in [5.41, 5.74) is 2.21. The van der Waals surface area contributed by atoms with Gasteiger partial charge in [-0.2, -0.15) is 0 Å². The minimum absolute atomic E-state index is 0.00722. The highest BCUT2D eigenvalue weighted by Gasteiger charge is 2.08. The predicted molar refractivity (Wildman–Crippen MR) is 78.2 cm³/mol. The Morgan fingerprint density at radius 3 is 3.11 bits per heavy atom. The standard InChI is InChI=1S/C13H13N3OS2/c1-9-8-19-13-15-10(7-16(9)13)4-5-14-12(17)11-3-2-6-18-11/h2-3,6-8H,4-5H2,1H3,(H,14,17). The van der Waals surface area contributed by atoms with Crippen LogP contribution in [0.4, 0.5) is 0 Å². The molecule has 0 aliphatic heterocycles. The number of fused-ring (bicyclic) bond motifs is 1. The van der Waals surface area contributed by atoms with Crippen LogP contribution in [-0.4, -0.2) is 21.8 Å². The molecular weight excluding hydrogens is 278 g/mol. The van der Waals surface area contributed by atoms with Gasteiger partial charge < -0.3 is 5.32 Å². The Morgan fingerprint density at radius 1 is 1.47 bits per heavy atom. The average Bonchev–Trinajstić information content (AvgIpc) is 3.09. The lowest BCUT2D eigenvalue weighted by molar-refractivity contribution is 0.0958. The van der Waals surface area contributed by atoms with E-state index in [0.717, 1.165) is 22.0 Å². The van der Waals surface area contributed by atoms with E-state index in [1.165, 1.54) is 17.0 Å². The van der Waals surface area contributed by atoms with Crippen LogP contribution < -0.4 is 5.32 Å². The second-order valence-electron chi connectivity index (χ2n) is 4.25. The zero-order valence-electron chi connectivity index (χ0n) is 10.4. The monoisotopic (exact) mass is 291 g/mol. The highest BCUT2D eigenvalue weighted by Crippen LogP contribution is 2.15. The maximum Gasteiger partial charge on any atom is 0.261 e. The molecule has 1 N–H and O–H groups in total. The Balaban J connectivity index is 1.59. The number of thiophene rings is 1. The minimum atomic E-state index is -0.00722. The van der Waals surface area contributed by atoms with E-state index in [9.17, 15) is 4.79 Å². The maximum atomic E-state index is 11.7. The first kappa shape index (κ1) is 12.4. The number of aromatic nitrogens is 2. The van der Waals surface area contributed by atoms with Crippen LogP contribution in [0.5, 0.6) is 0 Å². The molecule has 6 heteroatoms. The molecule has 0 aromatic carbocycles. The van der Waals surface area contributed by atoms with Crippen molar-refractivity contribution in [2.45, 2.75) is 13.3 Å². The Bertz CT molecular complexity index is 697. The molecule has 0 bridgehead atoms. The van der Waals surface area contributed by atoms with E-state index in [0.29, 0.717) is 6.54 Å². The van der Waals surface area contributed by atoms with E-state index >= 15 is 0 Å². The van der Waals surface area contributed by atoms with Crippen molar-refractivity contribution in [3.8, 4) is 0 Å². The van der Waals surface area contributed by atoms with Gasteiger partial charge in [-0.3, -0.25) is 9.20 Å². The molecule has 0 aliphatic rings. The molecule has 3 rings (SSSR count). The quantitative estimate of drug-likeness (QED) is 0.803. The van der Waals surface area contributed by atoms with Gasteiger partial charge in [0.25, 0.3) is 5.91 Å². The first-order chi connectivity index (χ1) is 9.24. The molecule has 1 amide bonds. The first-order valence-electron chi connectivity index (χ1n) is 5.98. The van der Waals surface area contributed by atoms with Gasteiger partial charge in [0.1, 0.15) is 0 Å². The summed E-state index contributed by atoms with van der Waals surface area (Å²) >= 11 is 3.09. The highest BCUT2D eigenvalue weighted by molar-refractivity contribution is 7.15. The van der Waals surface area contributed by atoms with Crippen LogP contribution in [0.3, 0.4) is 0 Å². The average molecular weight is 291 g/mol. The molecule has 0 fully saturated rings. The topological polar surface area (TPSA) is 46.4 Å². The van der Waals surface area contributed by atoms with Gasteiger partial charge in [-0.15, -0.1) is 22.7 Å². The van der Waals surface area contributed by atoms with Crippen molar-refractivity contribution < 1.29 is 4.79 Å². The fourth-order valence-corrected chi connectivity index (χ4v) is 3.37. The summed E-state index contributed by atoms with van der Waals surface area (Å²) in [7, 11) is 0. The molecule has 3 aromatic rings. The number of amides is 1. The second kappa shape index (κ2) is 5.14. The van der Waals surface area contributed by atoms with Crippen molar-refractivity contribution >= 4 is 33.5 Å². The number of carbonyl (C=O) groups is 1. The van der Waals surface area contributed by atoms with E-state index in [1.54, 1.807) is 11.3 Å². The summed E-state index contributed by atoms with van der Waals surface area (Å²) in [5, 5.41) is 6.90. The summed E-state index contributed by atoms with van der Waals surface area (Å²) in [5.74, 6) is -0.00722. The third-order valence-corrected chi connectivity index (χ3v) is 4.68. The van der Waals surface area contributed by atoms with Crippen molar-refractivity contribution in [2.24, 2.45) is 0 Å². The molecule has 0 saturated carbocycles. The van der Waals surface area contributed by atoms with Gasteiger partial charge >= 0.3 is 0 Å². The lowest BCUT2D eigenvalue weighted by atomic mass is 10.3. The van der Waals surface area contributed by atoms with Crippen molar-refractivity contribution in [3.05, 3.63) is 45.4 Å². The smallest absolute Gasteiger partial charge is 0.261 e. The van der Waals surface area contributed by atoms with Crippen LogP contribution in [0.2, 0.25) is 0 Å². The number of aryl methyl sites for hydroxylation is 1. The number of nitrogens with zero attached hydrogens (tertiary/aromatic N) is 2. The number of thiazole rings is 1. The molecule has 0 unspecified atom stereocenters. The summed E-state index contributed by atoms with van der Waals surface area (Å²) in [4.78, 5) is 18.0. The fourth-order valence-electron chi connectivity index (χ4n) is 1.86. The van der Waals surface area contributed by atoms with Gasteiger partial charge in [-0.1, -0.05) is 6.07 Å². The van der Waals surface area contributed by atoms with E-state index in [2.05, 4.69) is 27.0 Å². The van der Waals surface area contributed by atoms with Gasteiger partial charge in [0.15, 0.2) is 4.96 Å². The lowest BCUT2D eigenvalue weighted by Gasteiger charge is -2.01. The second-order valence-corrected chi connectivity index (χ2v) is 6.03. The van der Waals surface area contributed by atoms with E-state index < -0.39 is 0 Å². The largest absolute Gasteiger partial charge is 0.351 e. The highest BCUT2D eigenvalue weighted by atomic mass is 32.1. The first-order valence-corrected chi connectivity index (χ1v) is 7.74. The molecule has 98 valence electrons. The van der Waals surface area contributed by atoms with Gasteiger partial charge in [0.2, 0.25) is 0 Å². The number of hydrogen-bond donors (Lipinski definition) is 1. The zero-order chi connectivity index (χ0) is 13.2. The van der Waals surface area contributed by atoms with Crippen LogP contribution in [0, 0.1) is 6.92 Å². The molecule has 0 atom stereocenters. The summed E-state index contributed by atoms with van der Waals surface area (Å²) in [6, 6.07) is 3.71. The molecule has 4 nitrogen and oxygen atoms in total. The summed E-state index contributed by atoms with van der Waals surface area (Å²) in [6.07, 6.45) is 2.80. The predicted octanol–water partition coefficient (Wildman–Crippen LogP) is 2.74. The van der Waals surface area contributed by atoms with Gasteiger partial charge in [-0.05, 0) is 18.4 Å². The van der Waals surface area contributed by atoms with Crippen molar-refractivity contribution in [2.75, 3.05) is 6.54 Å². The summed E-state index contributed by atoms with van der Waals surface area (Å²) in [6.45, 7) is 2.67. The Morgan fingerprint density at radius 2 is 2.37 bits per heavy atom. The van der Waals surface area contributed by atoms with Gasteiger partial charge in [0.05, 0.1) is 10.6 Å². The normalized spacial score (nSPS) is 11.0. The van der Waals surface area contributed by atoms with E-state index in [-0.39, 0.29) is 5.91 Å². The fraction of sp³-hybridized carbons (Fsp3) is 0.231. The van der Waals surface area contributed by atoms with Crippen molar-refractivity contribution in [1.82, 2.24) is 14.7 Å². The van der Waals surface area contributed by atoms with Gasteiger partial charge in [-0.25, -0.2) is 4.98 Å². The Kier molecular flexibility index (Phi) is 3.35.